The summed E-state index contributed by atoms with van der Waals surface area (Å²) in [5.74, 6) is -0.896. The lowest BCUT2D eigenvalue weighted by molar-refractivity contribution is 0.0689. The molecule has 0 amide bonds. The highest BCUT2D eigenvalue weighted by molar-refractivity contribution is 8.00. The normalized spacial score (nSPS) is 18.2. The van der Waals surface area contributed by atoms with Crippen molar-refractivity contribution in [3.8, 4) is 11.3 Å². The Kier molecular flexibility index (Phi) is 6.28. The number of nitrogens with zero attached hydrogens (tertiary/aromatic N) is 2. The number of rotatable bonds is 5. The SMILES string of the molecule is CC(C)c1ccc(-c2ccc3c(c2)/C(=N/NC2Nc4ccccc4S2)CCCC3)nc1C(=O)O. The average Bonchev–Trinajstić information content (AvgIpc) is 3.15. The van der Waals surface area contributed by atoms with Crippen LogP contribution in [-0.2, 0) is 6.42 Å². The number of hydrazone groups is 1. The molecule has 34 heavy (non-hydrogen) atoms. The Bertz CT molecular complexity index is 1250. The summed E-state index contributed by atoms with van der Waals surface area (Å²) in [6.45, 7) is 3.97. The van der Waals surface area contributed by atoms with Crippen molar-refractivity contribution in [3.05, 3.63) is 77.0 Å². The van der Waals surface area contributed by atoms with Gasteiger partial charge >= 0.3 is 5.97 Å². The summed E-state index contributed by atoms with van der Waals surface area (Å²) in [5.41, 5.74) is 10.3. The van der Waals surface area contributed by atoms with Crippen molar-refractivity contribution in [1.82, 2.24) is 10.4 Å². The first-order chi connectivity index (χ1) is 16.5. The minimum atomic E-state index is -0.991. The smallest absolute Gasteiger partial charge is 0.354 e. The van der Waals surface area contributed by atoms with Crippen LogP contribution in [0.3, 0.4) is 0 Å². The summed E-state index contributed by atoms with van der Waals surface area (Å²) in [6, 6.07) is 18.4. The van der Waals surface area contributed by atoms with Crippen molar-refractivity contribution in [3.63, 3.8) is 0 Å². The van der Waals surface area contributed by atoms with E-state index in [2.05, 4.69) is 40.0 Å². The highest BCUT2D eigenvalue weighted by atomic mass is 32.2. The third kappa shape index (κ3) is 4.53. The molecule has 0 bridgehead atoms. The predicted octanol–water partition coefficient (Wildman–Crippen LogP) is 6.09. The summed E-state index contributed by atoms with van der Waals surface area (Å²) in [4.78, 5) is 17.6. The molecule has 0 radical (unpaired) electrons. The van der Waals surface area contributed by atoms with Crippen molar-refractivity contribution in [2.45, 2.75) is 55.8 Å². The molecule has 2 aromatic carbocycles. The summed E-state index contributed by atoms with van der Waals surface area (Å²) in [5, 5.41) is 18.0. The van der Waals surface area contributed by atoms with Gasteiger partial charge in [0.1, 0.15) is 0 Å². The van der Waals surface area contributed by atoms with Crippen LogP contribution < -0.4 is 10.7 Å². The van der Waals surface area contributed by atoms with E-state index >= 15 is 0 Å². The van der Waals surface area contributed by atoms with E-state index in [0.717, 1.165) is 53.8 Å². The maximum absolute atomic E-state index is 11.8. The van der Waals surface area contributed by atoms with E-state index in [1.54, 1.807) is 11.8 Å². The van der Waals surface area contributed by atoms with Gasteiger partial charge in [0.15, 0.2) is 11.2 Å². The molecule has 0 saturated carbocycles. The van der Waals surface area contributed by atoms with Crippen LogP contribution in [0.25, 0.3) is 11.3 Å². The van der Waals surface area contributed by atoms with Gasteiger partial charge in [-0.05, 0) is 67.0 Å². The first kappa shape index (κ1) is 22.5. The third-order valence-electron chi connectivity index (χ3n) is 6.31. The molecule has 1 atom stereocenters. The van der Waals surface area contributed by atoms with Gasteiger partial charge in [0.2, 0.25) is 0 Å². The van der Waals surface area contributed by atoms with Gasteiger partial charge in [-0.15, -0.1) is 0 Å². The first-order valence-corrected chi connectivity index (χ1v) is 12.6. The second kappa shape index (κ2) is 9.50. The van der Waals surface area contributed by atoms with Crippen molar-refractivity contribution in [2.75, 3.05) is 5.32 Å². The van der Waals surface area contributed by atoms with Gasteiger partial charge in [0, 0.05) is 16.0 Å². The van der Waals surface area contributed by atoms with Gasteiger partial charge in [0.05, 0.1) is 17.1 Å². The molecule has 0 saturated heterocycles. The Morgan fingerprint density at radius 2 is 1.97 bits per heavy atom. The summed E-state index contributed by atoms with van der Waals surface area (Å²) >= 11 is 1.72. The maximum Gasteiger partial charge on any atom is 0.354 e. The van der Waals surface area contributed by atoms with Crippen LogP contribution in [0.2, 0.25) is 0 Å². The fourth-order valence-electron chi connectivity index (χ4n) is 4.53. The van der Waals surface area contributed by atoms with E-state index in [1.165, 1.54) is 10.5 Å². The molecule has 1 unspecified atom stereocenters. The Labute approximate surface area is 203 Å². The number of carbonyl (C=O) groups is 1. The lowest BCUT2D eigenvalue weighted by Crippen LogP contribution is -2.27. The predicted molar refractivity (Wildman–Crippen MR) is 138 cm³/mol. The number of nitrogens with one attached hydrogen (secondary N) is 2. The van der Waals surface area contributed by atoms with Crippen LogP contribution in [0.15, 0.2) is 64.6 Å². The van der Waals surface area contributed by atoms with E-state index in [1.807, 2.05) is 44.2 Å². The number of carboxylic acid groups (broad SMARTS) is 1. The Hall–Kier alpha value is -3.32. The minimum absolute atomic E-state index is 0.0110. The van der Waals surface area contributed by atoms with Gasteiger partial charge in [-0.1, -0.05) is 55.9 Å². The minimum Gasteiger partial charge on any atom is -0.477 e. The monoisotopic (exact) mass is 472 g/mol. The zero-order chi connectivity index (χ0) is 23.7. The van der Waals surface area contributed by atoms with E-state index in [-0.39, 0.29) is 17.1 Å². The average molecular weight is 473 g/mol. The summed E-state index contributed by atoms with van der Waals surface area (Å²) < 4.78 is 0. The third-order valence-corrected chi connectivity index (χ3v) is 7.38. The molecule has 0 fully saturated rings. The highest BCUT2D eigenvalue weighted by Gasteiger charge is 2.22. The zero-order valence-corrected chi connectivity index (χ0v) is 20.2. The lowest BCUT2D eigenvalue weighted by atomic mass is 9.96. The van der Waals surface area contributed by atoms with Crippen LogP contribution in [0.5, 0.6) is 0 Å². The maximum atomic E-state index is 11.8. The number of benzene rings is 2. The number of anilines is 1. The van der Waals surface area contributed by atoms with Crippen LogP contribution in [-0.4, -0.2) is 27.3 Å². The molecule has 3 aromatic rings. The van der Waals surface area contributed by atoms with Gasteiger partial charge in [-0.25, -0.2) is 9.78 Å². The lowest BCUT2D eigenvalue weighted by Gasteiger charge is -2.15. The Morgan fingerprint density at radius 3 is 2.76 bits per heavy atom. The van der Waals surface area contributed by atoms with E-state index in [0.29, 0.717) is 5.69 Å². The molecule has 3 N–H and O–H groups in total. The molecule has 0 spiro atoms. The molecule has 1 aromatic heterocycles. The van der Waals surface area contributed by atoms with Gasteiger partial charge in [0.25, 0.3) is 0 Å². The molecule has 5 rings (SSSR count). The van der Waals surface area contributed by atoms with Crippen LogP contribution in [0.1, 0.15) is 66.2 Å². The number of aromatic nitrogens is 1. The number of carboxylic acids is 1. The Balaban J connectivity index is 1.45. The Morgan fingerprint density at radius 1 is 1.15 bits per heavy atom. The topological polar surface area (TPSA) is 86.6 Å². The molecule has 2 aliphatic rings. The molecular formula is C27H28N4O2S. The standard InChI is InChI=1S/C27H28N4O2S/c1-16(2)19-13-14-21(28-25(19)26(32)33)18-12-11-17-7-3-4-8-22(20(17)15-18)30-31-27-29-23-9-5-6-10-24(23)34-27/h5-6,9-16,27,29,31H,3-4,7-8H2,1-2H3,(H,32,33)/b30-22+. The van der Waals surface area contributed by atoms with Crippen LogP contribution in [0, 0.1) is 0 Å². The number of thioether (sulfide) groups is 1. The zero-order valence-electron chi connectivity index (χ0n) is 19.3. The molecule has 1 aliphatic carbocycles. The molecule has 1 aliphatic heterocycles. The number of hydrogen-bond acceptors (Lipinski definition) is 6. The number of fused-ring (bicyclic) bond motifs is 2. The molecule has 7 heteroatoms. The van der Waals surface area contributed by atoms with Crippen LogP contribution >= 0.6 is 11.8 Å². The second-order valence-electron chi connectivity index (χ2n) is 9.00. The summed E-state index contributed by atoms with van der Waals surface area (Å²) in [7, 11) is 0. The number of para-hydroxylation sites is 1. The highest BCUT2D eigenvalue weighted by Crippen LogP contribution is 2.37. The first-order valence-electron chi connectivity index (χ1n) is 11.7. The largest absolute Gasteiger partial charge is 0.477 e. The number of aromatic carboxylic acids is 1. The quantitative estimate of drug-likeness (QED) is 0.308. The van der Waals surface area contributed by atoms with E-state index in [9.17, 15) is 9.90 Å². The van der Waals surface area contributed by atoms with Crippen LogP contribution in [0.4, 0.5) is 5.69 Å². The van der Waals surface area contributed by atoms with Gasteiger partial charge in [-0.2, -0.15) is 5.10 Å². The van der Waals surface area contributed by atoms with Gasteiger partial charge in [-0.3, -0.25) is 5.43 Å². The fraction of sp³-hybridized carbons (Fsp3) is 0.296. The van der Waals surface area contributed by atoms with E-state index < -0.39 is 5.97 Å². The number of hydrogen-bond donors (Lipinski definition) is 3. The van der Waals surface area contributed by atoms with Crippen molar-refractivity contribution < 1.29 is 9.90 Å². The fourth-order valence-corrected chi connectivity index (χ4v) is 5.49. The molecule has 2 heterocycles. The second-order valence-corrected chi connectivity index (χ2v) is 10.1. The van der Waals surface area contributed by atoms with Crippen molar-refractivity contribution in [1.29, 1.82) is 0 Å². The summed E-state index contributed by atoms with van der Waals surface area (Å²) in [6.07, 6.45) is 4.11. The van der Waals surface area contributed by atoms with Crippen molar-refractivity contribution >= 4 is 29.1 Å². The van der Waals surface area contributed by atoms with Gasteiger partial charge < -0.3 is 10.4 Å². The van der Waals surface area contributed by atoms with E-state index in [4.69, 9.17) is 5.10 Å². The number of pyridine rings is 1. The molecule has 174 valence electrons. The molecular weight excluding hydrogens is 444 g/mol. The van der Waals surface area contributed by atoms with Crippen molar-refractivity contribution in [2.24, 2.45) is 5.10 Å². The molecule has 6 nitrogen and oxygen atoms in total. The number of aryl methyl sites for hydroxylation is 1.